The molecule has 1 fully saturated rings. The Bertz CT molecular complexity index is 458. The lowest BCUT2D eigenvalue weighted by atomic mass is 9.97. The number of aromatic nitrogens is 2. The minimum atomic E-state index is -0.141. The summed E-state index contributed by atoms with van der Waals surface area (Å²) in [6.07, 6.45) is 3.01. The molecule has 0 saturated heterocycles. The third kappa shape index (κ3) is 2.88. The predicted octanol–water partition coefficient (Wildman–Crippen LogP) is 2.72. The molecule has 1 aliphatic rings. The van der Waals surface area contributed by atoms with Gasteiger partial charge in [0.25, 0.3) is 0 Å². The van der Waals surface area contributed by atoms with Gasteiger partial charge in [-0.3, -0.25) is 4.68 Å². The maximum atomic E-state index is 9.76. The number of aliphatic hydroxyl groups is 1. The van der Waals surface area contributed by atoms with Crippen LogP contribution >= 0.6 is 15.9 Å². The lowest BCUT2D eigenvalue weighted by Crippen LogP contribution is -2.49. The summed E-state index contributed by atoms with van der Waals surface area (Å²) in [4.78, 5) is 0. The zero-order valence-corrected chi connectivity index (χ0v) is 13.8. The summed E-state index contributed by atoms with van der Waals surface area (Å²) in [6.45, 7) is 8.57. The first-order chi connectivity index (χ1) is 8.88. The van der Waals surface area contributed by atoms with E-state index in [0.717, 1.165) is 29.4 Å². The van der Waals surface area contributed by atoms with Gasteiger partial charge in [0.1, 0.15) is 0 Å². The van der Waals surface area contributed by atoms with Crippen molar-refractivity contribution in [1.82, 2.24) is 15.1 Å². The summed E-state index contributed by atoms with van der Waals surface area (Å²) in [7, 11) is 0. The minimum Gasteiger partial charge on any atom is -0.394 e. The van der Waals surface area contributed by atoms with Gasteiger partial charge in [0.05, 0.1) is 28.5 Å². The van der Waals surface area contributed by atoms with Crippen LogP contribution in [0.25, 0.3) is 0 Å². The summed E-state index contributed by atoms with van der Waals surface area (Å²) >= 11 is 3.58. The van der Waals surface area contributed by atoms with Gasteiger partial charge in [-0.15, -0.1) is 0 Å². The number of halogens is 1. The van der Waals surface area contributed by atoms with Gasteiger partial charge in [-0.1, -0.05) is 13.8 Å². The van der Waals surface area contributed by atoms with E-state index >= 15 is 0 Å². The van der Waals surface area contributed by atoms with E-state index in [2.05, 4.69) is 51.8 Å². The van der Waals surface area contributed by atoms with Gasteiger partial charge < -0.3 is 10.4 Å². The van der Waals surface area contributed by atoms with Crippen LogP contribution in [-0.2, 0) is 0 Å². The second kappa shape index (κ2) is 5.54. The molecule has 1 saturated carbocycles. The number of hydrogen-bond acceptors (Lipinski definition) is 3. The fraction of sp³-hybridized carbons (Fsp3) is 0.786. The Balaban J connectivity index is 2.19. The number of nitrogens with one attached hydrogen (secondary N) is 1. The fourth-order valence-corrected chi connectivity index (χ4v) is 3.50. The number of nitrogens with zero attached hydrogens (tertiary/aromatic N) is 2. The van der Waals surface area contributed by atoms with Crippen molar-refractivity contribution in [2.45, 2.75) is 64.6 Å². The SMILES string of the molecule is Cc1nn(C2CCC(CO)(NC(C)C)C2)c(C)c1Br. The molecule has 1 heterocycles. The summed E-state index contributed by atoms with van der Waals surface area (Å²) in [5, 5.41) is 17.9. The first kappa shape index (κ1) is 15.0. The molecule has 1 aromatic heterocycles. The first-order valence-electron chi connectivity index (χ1n) is 6.98. The summed E-state index contributed by atoms with van der Waals surface area (Å²) in [5.41, 5.74) is 2.08. The van der Waals surface area contributed by atoms with Gasteiger partial charge in [0.15, 0.2) is 0 Å². The van der Waals surface area contributed by atoms with Gasteiger partial charge >= 0.3 is 0 Å². The van der Waals surface area contributed by atoms with Crippen molar-refractivity contribution >= 4 is 15.9 Å². The highest BCUT2D eigenvalue weighted by Crippen LogP contribution is 2.39. The van der Waals surface area contributed by atoms with Gasteiger partial charge in [-0.05, 0) is 49.0 Å². The molecule has 2 rings (SSSR count). The van der Waals surface area contributed by atoms with Crippen LogP contribution in [0.1, 0.15) is 50.5 Å². The van der Waals surface area contributed by atoms with Crippen LogP contribution in [0.2, 0.25) is 0 Å². The first-order valence-corrected chi connectivity index (χ1v) is 7.77. The monoisotopic (exact) mass is 329 g/mol. The van der Waals surface area contributed by atoms with E-state index in [-0.39, 0.29) is 12.1 Å². The summed E-state index contributed by atoms with van der Waals surface area (Å²) in [5.74, 6) is 0. The third-order valence-corrected chi connectivity index (χ3v) is 5.21. The average molecular weight is 330 g/mol. The molecule has 1 aliphatic carbocycles. The molecular formula is C14H24BrN3O. The average Bonchev–Trinajstić information content (AvgIpc) is 2.87. The van der Waals surface area contributed by atoms with E-state index in [0.29, 0.717) is 12.1 Å². The van der Waals surface area contributed by atoms with Crippen molar-refractivity contribution in [2.24, 2.45) is 0 Å². The minimum absolute atomic E-state index is 0.141. The summed E-state index contributed by atoms with van der Waals surface area (Å²) in [6, 6.07) is 0.765. The molecule has 19 heavy (non-hydrogen) atoms. The van der Waals surface area contributed by atoms with Gasteiger partial charge in [-0.25, -0.2) is 0 Å². The maximum absolute atomic E-state index is 9.76. The second-order valence-electron chi connectivity index (χ2n) is 6.06. The zero-order chi connectivity index (χ0) is 14.2. The Kier molecular flexibility index (Phi) is 4.38. The van der Waals surface area contributed by atoms with Gasteiger partial charge in [0, 0.05) is 11.6 Å². The molecule has 0 spiro atoms. The fourth-order valence-electron chi connectivity index (χ4n) is 3.24. The highest BCUT2D eigenvalue weighted by molar-refractivity contribution is 9.10. The molecule has 2 atom stereocenters. The van der Waals surface area contributed by atoms with Crippen molar-refractivity contribution in [1.29, 1.82) is 0 Å². The molecule has 0 aliphatic heterocycles. The Morgan fingerprint density at radius 3 is 2.68 bits per heavy atom. The molecule has 5 heteroatoms. The highest BCUT2D eigenvalue weighted by atomic mass is 79.9. The van der Waals surface area contributed by atoms with Crippen LogP contribution in [0.15, 0.2) is 4.47 Å². The highest BCUT2D eigenvalue weighted by Gasteiger charge is 2.40. The predicted molar refractivity (Wildman–Crippen MR) is 80.4 cm³/mol. The van der Waals surface area contributed by atoms with Crippen molar-refractivity contribution in [3.63, 3.8) is 0 Å². The zero-order valence-electron chi connectivity index (χ0n) is 12.2. The molecular weight excluding hydrogens is 306 g/mol. The second-order valence-corrected chi connectivity index (χ2v) is 6.86. The van der Waals surface area contributed by atoms with Gasteiger partial charge in [-0.2, -0.15) is 5.10 Å². The lowest BCUT2D eigenvalue weighted by molar-refractivity contribution is 0.151. The van der Waals surface area contributed by atoms with Crippen LogP contribution in [-0.4, -0.2) is 33.1 Å². The Morgan fingerprint density at radius 1 is 1.53 bits per heavy atom. The number of rotatable bonds is 4. The normalized spacial score (nSPS) is 27.4. The summed E-state index contributed by atoms with van der Waals surface area (Å²) < 4.78 is 3.23. The molecule has 0 amide bonds. The standard InChI is InChI=1S/C14H24BrN3O/c1-9(2)16-14(8-19)6-5-12(7-14)18-11(4)13(15)10(3)17-18/h9,12,16,19H,5-8H2,1-4H3. The van der Waals surface area contributed by atoms with Crippen molar-refractivity contribution in [3.8, 4) is 0 Å². The Hall–Kier alpha value is -0.390. The van der Waals surface area contributed by atoms with Crippen molar-refractivity contribution in [3.05, 3.63) is 15.9 Å². The number of aliphatic hydroxyl groups excluding tert-OH is 1. The topological polar surface area (TPSA) is 50.1 Å². The van der Waals surface area contributed by atoms with Crippen LogP contribution in [0.4, 0.5) is 0 Å². The molecule has 4 nitrogen and oxygen atoms in total. The van der Waals surface area contributed by atoms with Crippen LogP contribution in [0.5, 0.6) is 0 Å². The Morgan fingerprint density at radius 2 is 2.21 bits per heavy atom. The smallest absolute Gasteiger partial charge is 0.0738 e. The van der Waals surface area contributed by atoms with E-state index in [1.54, 1.807) is 0 Å². The molecule has 2 N–H and O–H groups in total. The molecule has 2 unspecified atom stereocenters. The van der Waals surface area contributed by atoms with Crippen LogP contribution < -0.4 is 5.32 Å². The van der Waals surface area contributed by atoms with E-state index < -0.39 is 0 Å². The van der Waals surface area contributed by atoms with Crippen LogP contribution in [0.3, 0.4) is 0 Å². The van der Waals surface area contributed by atoms with E-state index in [9.17, 15) is 5.11 Å². The third-order valence-electron chi connectivity index (χ3n) is 4.06. The number of aryl methyl sites for hydroxylation is 1. The largest absolute Gasteiger partial charge is 0.394 e. The molecule has 1 aromatic rings. The van der Waals surface area contributed by atoms with E-state index in [4.69, 9.17) is 0 Å². The Labute approximate surface area is 123 Å². The maximum Gasteiger partial charge on any atom is 0.0738 e. The quantitative estimate of drug-likeness (QED) is 0.892. The van der Waals surface area contributed by atoms with E-state index in [1.165, 1.54) is 5.69 Å². The molecule has 0 radical (unpaired) electrons. The lowest BCUT2D eigenvalue weighted by Gasteiger charge is -2.31. The van der Waals surface area contributed by atoms with Gasteiger partial charge in [0.2, 0.25) is 0 Å². The van der Waals surface area contributed by atoms with Crippen molar-refractivity contribution in [2.75, 3.05) is 6.61 Å². The molecule has 108 valence electrons. The number of hydrogen-bond donors (Lipinski definition) is 2. The molecule has 0 bridgehead atoms. The van der Waals surface area contributed by atoms with E-state index in [1.807, 2.05) is 6.92 Å². The molecule has 0 aromatic carbocycles. The van der Waals surface area contributed by atoms with Crippen molar-refractivity contribution < 1.29 is 5.11 Å². The van der Waals surface area contributed by atoms with Crippen LogP contribution in [0, 0.1) is 13.8 Å².